The van der Waals surface area contributed by atoms with E-state index in [4.69, 9.17) is 14.7 Å². The van der Waals surface area contributed by atoms with Crippen LogP contribution in [0.3, 0.4) is 0 Å². The van der Waals surface area contributed by atoms with E-state index < -0.39 is 0 Å². The summed E-state index contributed by atoms with van der Waals surface area (Å²) in [6, 6.07) is 88.0. The van der Waals surface area contributed by atoms with Crippen molar-refractivity contribution in [3.8, 4) is 56.8 Å². The third-order valence-corrected chi connectivity index (χ3v) is 17.4. The van der Waals surface area contributed by atoms with Crippen molar-refractivity contribution in [2.24, 2.45) is 0 Å². The van der Waals surface area contributed by atoms with Crippen LogP contribution in [0.2, 0.25) is 0 Å². The number of hydrogen-bond donors (Lipinski definition) is 0. The first kappa shape index (κ1) is 50.2. The molecule has 0 atom stereocenters. The Morgan fingerprint density at radius 1 is 0.294 bits per heavy atom. The zero-order valence-corrected chi connectivity index (χ0v) is 48.3. The minimum Gasteiger partial charge on any atom is -0.457 e. The smallest absolute Gasteiger partial charge is 0.137 e. The van der Waals surface area contributed by atoms with Gasteiger partial charge >= 0.3 is 0 Å². The van der Waals surface area contributed by atoms with Gasteiger partial charge < -0.3 is 13.9 Å². The molecule has 0 bridgehead atoms. The van der Waals surface area contributed by atoms with Gasteiger partial charge in [-0.25, -0.2) is 9.97 Å². The Bertz CT molecular complexity index is 5350. The Labute approximate surface area is 492 Å². The Kier molecular flexibility index (Phi) is 11.2. The monoisotopic (exact) mass is 1100 g/mol. The molecule has 7 heteroatoms. The lowest BCUT2D eigenvalue weighted by atomic mass is 9.88. The fourth-order valence-electron chi connectivity index (χ4n) is 13.2. The molecule has 0 fully saturated rings. The minimum absolute atomic E-state index is 0.0787. The Balaban J connectivity index is 0.840. The first-order chi connectivity index (χ1) is 41.4. The lowest BCUT2D eigenvalue weighted by molar-refractivity contribution is 0.484. The van der Waals surface area contributed by atoms with Crippen molar-refractivity contribution in [3.05, 3.63) is 266 Å². The van der Waals surface area contributed by atoms with E-state index in [-0.39, 0.29) is 10.8 Å². The van der Waals surface area contributed by atoms with Gasteiger partial charge in [-0.3, -0.25) is 9.13 Å². The second kappa shape index (κ2) is 19.0. The van der Waals surface area contributed by atoms with Crippen LogP contribution in [-0.4, -0.2) is 28.2 Å². The Hall–Kier alpha value is -10.5. The second-order valence-corrected chi connectivity index (χ2v) is 24.7. The fourth-order valence-corrected chi connectivity index (χ4v) is 13.2. The van der Waals surface area contributed by atoms with Crippen LogP contribution in [0.25, 0.3) is 132 Å². The molecule has 0 aliphatic rings. The van der Waals surface area contributed by atoms with Crippen LogP contribution in [0.4, 0.5) is 0 Å². The van der Waals surface area contributed by atoms with Crippen molar-refractivity contribution in [2.45, 2.75) is 52.4 Å². The molecule has 0 saturated carbocycles. The van der Waals surface area contributed by atoms with Crippen LogP contribution in [0.5, 0.6) is 11.5 Å². The summed E-state index contributed by atoms with van der Waals surface area (Å²) in [5, 5.41) is 9.42. The van der Waals surface area contributed by atoms with Crippen molar-refractivity contribution in [3.63, 3.8) is 0 Å². The van der Waals surface area contributed by atoms with Gasteiger partial charge in [-0.2, -0.15) is 0 Å². The molecule has 6 aromatic heterocycles. The van der Waals surface area contributed by atoms with Crippen LogP contribution >= 0.6 is 0 Å². The highest BCUT2D eigenvalue weighted by atomic mass is 16.5. The lowest BCUT2D eigenvalue weighted by Crippen LogP contribution is -2.12. The van der Waals surface area contributed by atoms with Crippen molar-refractivity contribution in [2.75, 3.05) is 0 Å². The highest BCUT2D eigenvalue weighted by molar-refractivity contribution is 6.18. The second-order valence-electron chi connectivity index (χ2n) is 24.7. The number of pyridine rings is 2. The van der Waals surface area contributed by atoms with Gasteiger partial charge in [-0.15, -0.1) is 0 Å². The molecule has 10 aromatic carbocycles. The third kappa shape index (κ3) is 8.17. The molecule has 7 nitrogen and oxygen atoms in total. The van der Waals surface area contributed by atoms with Gasteiger partial charge in [0, 0.05) is 79.0 Å². The molecular formula is C78H60N6O. The molecular weight excluding hydrogens is 1040 g/mol. The summed E-state index contributed by atoms with van der Waals surface area (Å²) in [6.07, 6.45) is 3.89. The van der Waals surface area contributed by atoms with E-state index in [0.29, 0.717) is 0 Å². The summed E-state index contributed by atoms with van der Waals surface area (Å²) in [7, 11) is 0. The predicted molar refractivity (Wildman–Crippen MR) is 354 cm³/mol. The minimum atomic E-state index is -0.0818. The van der Waals surface area contributed by atoms with Gasteiger partial charge in [0.25, 0.3) is 0 Å². The average Bonchev–Trinajstić information content (AvgIpc) is 1.89. The van der Waals surface area contributed by atoms with Gasteiger partial charge in [-0.1, -0.05) is 145 Å². The highest BCUT2D eigenvalue weighted by Gasteiger charge is 2.24. The number of para-hydroxylation sites is 4. The summed E-state index contributed by atoms with van der Waals surface area (Å²) >= 11 is 0. The molecule has 0 N–H and O–H groups in total. The number of hydrogen-bond acceptors (Lipinski definition) is 3. The van der Waals surface area contributed by atoms with Crippen LogP contribution in [-0.2, 0) is 10.8 Å². The van der Waals surface area contributed by atoms with E-state index >= 15 is 0 Å². The normalized spacial score (nSPS) is 12.4. The van der Waals surface area contributed by atoms with Crippen LogP contribution in [0.15, 0.2) is 255 Å². The quantitative estimate of drug-likeness (QED) is 0.152. The number of benzene rings is 10. The van der Waals surface area contributed by atoms with Crippen LogP contribution in [0, 0.1) is 0 Å². The molecule has 16 rings (SSSR count). The van der Waals surface area contributed by atoms with Gasteiger partial charge in [0.1, 0.15) is 23.1 Å². The molecule has 16 aromatic rings. The van der Waals surface area contributed by atoms with Gasteiger partial charge in [0.15, 0.2) is 0 Å². The average molecular weight is 1100 g/mol. The summed E-state index contributed by atoms with van der Waals surface area (Å²) in [4.78, 5) is 10.2. The largest absolute Gasteiger partial charge is 0.457 e. The summed E-state index contributed by atoms with van der Waals surface area (Å²) in [5.74, 6) is 3.17. The SMILES string of the molecule is CC(C)(C)c1ccnc(-n2c3ccc(-c4ccc5c(c4)c4ccccc4n5-c4ccccc4)cc3c3ccc(Oc4ccc5c6cc(-c7cccc8c7c7ccccc7n8-c7ccccc7)ccc6n(-c6cc(C(C)(C)C)ccn6)c5c4)cc32)c1. The van der Waals surface area contributed by atoms with E-state index in [9.17, 15) is 0 Å². The van der Waals surface area contributed by atoms with E-state index in [1.807, 2.05) is 12.4 Å². The number of rotatable bonds is 8. The Morgan fingerprint density at radius 3 is 1.24 bits per heavy atom. The van der Waals surface area contributed by atoms with Gasteiger partial charge in [0.2, 0.25) is 0 Å². The lowest BCUT2D eigenvalue weighted by Gasteiger charge is -2.20. The third-order valence-electron chi connectivity index (χ3n) is 17.4. The number of nitrogens with zero attached hydrogens (tertiary/aromatic N) is 6. The molecule has 6 heterocycles. The van der Waals surface area contributed by atoms with E-state index in [1.165, 1.54) is 60.3 Å². The molecule has 0 radical (unpaired) electrons. The summed E-state index contributed by atoms with van der Waals surface area (Å²) in [6.45, 7) is 13.5. The molecule has 408 valence electrons. The molecule has 0 aliphatic carbocycles. The van der Waals surface area contributed by atoms with Crippen molar-refractivity contribution >= 4 is 87.2 Å². The van der Waals surface area contributed by atoms with Gasteiger partial charge in [0.05, 0.1) is 44.1 Å². The zero-order chi connectivity index (χ0) is 57.3. The zero-order valence-electron chi connectivity index (χ0n) is 48.3. The van der Waals surface area contributed by atoms with Crippen LogP contribution in [0.1, 0.15) is 52.7 Å². The maximum Gasteiger partial charge on any atom is 0.137 e. The van der Waals surface area contributed by atoms with Crippen LogP contribution < -0.4 is 4.74 Å². The standard InChI is InChI=1S/C78H60N6O/c1-77(2,3)52-38-40-79-74(45-52)83-69-36-29-50(49-28-35-68-63(42-49)59-22-13-15-25-66(59)81(68)54-18-9-7-10-19-54)43-64(69)60-33-31-56(47-72(60)83)85-57-32-34-61-65-44-51(30-37-70(65)84(73(61)48-57)75-46-53(39-41-80-75)78(4,5)6)58-24-17-27-71-76(58)62-23-14-16-26-67(62)82(71)55-20-11-8-12-21-55/h7-48H,1-6H3. The van der Waals surface area contributed by atoms with Gasteiger partial charge in [-0.05, 0) is 172 Å². The first-order valence-corrected chi connectivity index (χ1v) is 29.4. The maximum atomic E-state index is 7.08. The summed E-state index contributed by atoms with van der Waals surface area (Å²) in [5.41, 5.74) is 18.1. The maximum absolute atomic E-state index is 7.08. The summed E-state index contributed by atoms with van der Waals surface area (Å²) < 4.78 is 16.4. The molecule has 85 heavy (non-hydrogen) atoms. The predicted octanol–water partition coefficient (Wildman–Crippen LogP) is 20.6. The van der Waals surface area contributed by atoms with E-state index in [2.05, 4.69) is 302 Å². The molecule has 0 saturated heterocycles. The number of fused-ring (bicyclic) bond motifs is 12. The Morgan fingerprint density at radius 2 is 0.706 bits per heavy atom. The fraction of sp³-hybridized carbons (Fsp3) is 0.103. The molecule has 0 unspecified atom stereocenters. The topological polar surface area (TPSA) is 54.7 Å². The molecule has 0 aliphatic heterocycles. The van der Waals surface area contributed by atoms with E-state index in [0.717, 1.165) is 94.8 Å². The molecule has 0 amide bonds. The van der Waals surface area contributed by atoms with Crippen molar-refractivity contribution < 1.29 is 4.74 Å². The van der Waals surface area contributed by atoms with Crippen molar-refractivity contribution in [1.29, 1.82) is 0 Å². The first-order valence-electron chi connectivity index (χ1n) is 29.4. The number of ether oxygens (including phenoxy) is 1. The van der Waals surface area contributed by atoms with Crippen molar-refractivity contribution in [1.82, 2.24) is 28.2 Å². The number of aromatic nitrogens is 6. The highest BCUT2D eigenvalue weighted by Crippen LogP contribution is 2.44. The molecule has 0 spiro atoms. The van der Waals surface area contributed by atoms with E-state index in [1.54, 1.807) is 0 Å².